The maximum Gasteiger partial charge on any atom is 0.271 e. The summed E-state index contributed by atoms with van der Waals surface area (Å²) in [6, 6.07) is 28.7. The Hall–Kier alpha value is -4.91. The van der Waals surface area contributed by atoms with Gasteiger partial charge in [-0.1, -0.05) is 78.9 Å². The van der Waals surface area contributed by atoms with Crippen molar-refractivity contribution >= 4 is 23.9 Å². The molecule has 7 heteroatoms. The van der Waals surface area contributed by atoms with Crippen LogP contribution in [0.25, 0.3) is 0 Å². The number of imide groups is 1. The van der Waals surface area contributed by atoms with E-state index in [1.165, 1.54) is 4.90 Å². The van der Waals surface area contributed by atoms with Gasteiger partial charge in [-0.15, -0.1) is 0 Å². The van der Waals surface area contributed by atoms with Gasteiger partial charge in [0, 0.05) is 30.1 Å². The lowest BCUT2D eigenvalue weighted by molar-refractivity contribution is -0.140. The molecular weight excluding hydrogens is 488 g/mol. The van der Waals surface area contributed by atoms with Gasteiger partial charge in [0.25, 0.3) is 5.91 Å². The molecule has 4 aliphatic rings. The molecule has 2 bridgehead atoms. The van der Waals surface area contributed by atoms with Crippen molar-refractivity contribution in [3.63, 3.8) is 0 Å². The van der Waals surface area contributed by atoms with Gasteiger partial charge < -0.3 is 0 Å². The van der Waals surface area contributed by atoms with E-state index < -0.39 is 17.3 Å². The van der Waals surface area contributed by atoms with E-state index in [9.17, 15) is 14.4 Å². The zero-order valence-electron chi connectivity index (χ0n) is 20.9. The van der Waals surface area contributed by atoms with Gasteiger partial charge in [0.15, 0.2) is 0 Å². The largest absolute Gasteiger partial charge is 0.278 e. The summed E-state index contributed by atoms with van der Waals surface area (Å²) in [6.07, 6.45) is 4.76. The number of likely N-dealkylation sites (tertiary alicyclic amines) is 1. The second kappa shape index (κ2) is 8.84. The molecule has 3 aliphatic carbocycles. The minimum absolute atomic E-state index is 0.165. The Balaban J connectivity index is 1.38. The molecule has 1 N–H and O–H groups in total. The molecule has 190 valence electrons. The quantitative estimate of drug-likeness (QED) is 0.248. The van der Waals surface area contributed by atoms with Gasteiger partial charge in [0.2, 0.25) is 11.8 Å². The number of rotatable bonds is 5. The maximum atomic E-state index is 14.2. The monoisotopic (exact) mass is 512 g/mol. The summed E-state index contributed by atoms with van der Waals surface area (Å²) in [6.45, 7) is 0.219. The van der Waals surface area contributed by atoms with Crippen molar-refractivity contribution in [3.8, 4) is 0 Å². The number of amides is 3. The van der Waals surface area contributed by atoms with Crippen LogP contribution in [0, 0.1) is 11.8 Å². The van der Waals surface area contributed by atoms with E-state index >= 15 is 0 Å². The Bertz CT molecular complexity index is 1600. The molecule has 2 atom stereocenters. The molecule has 39 heavy (non-hydrogen) atoms. The average Bonchev–Trinajstić information content (AvgIpc) is 3.24. The molecular formula is C32H24N4O3. The van der Waals surface area contributed by atoms with Crippen LogP contribution in [-0.2, 0) is 21.5 Å². The molecule has 1 aromatic heterocycles. The number of nitrogens with one attached hydrogen (secondary N) is 1. The fraction of sp³-hybridized carbons (Fsp3) is 0.156. The Morgan fingerprint density at radius 2 is 1.46 bits per heavy atom. The minimum atomic E-state index is -1.02. The Labute approximate surface area is 225 Å². The normalized spacial score (nSPS) is 24.4. The predicted molar refractivity (Wildman–Crippen MR) is 145 cm³/mol. The van der Waals surface area contributed by atoms with Crippen molar-refractivity contribution in [2.75, 3.05) is 0 Å². The number of aromatic nitrogens is 1. The molecule has 8 rings (SSSR count). The first-order valence-corrected chi connectivity index (χ1v) is 12.9. The van der Waals surface area contributed by atoms with Gasteiger partial charge in [-0.2, -0.15) is 5.10 Å². The van der Waals surface area contributed by atoms with Gasteiger partial charge in [-0.3, -0.25) is 24.3 Å². The van der Waals surface area contributed by atoms with Gasteiger partial charge in [0.05, 0.1) is 23.8 Å². The average molecular weight is 513 g/mol. The lowest BCUT2D eigenvalue weighted by Crippen LogP contribution is -2.54. The number of nitrogens with zero attached hydrogens (tertiary/aromatic N) is 3. The molecule has 1 aliphatic heterocycles. The first-order valence-electron chi connectivity index (χ1n) is 12.9. The fourth-order valence-corrected chi connectivity index (χ4v) is 6.79. The molecule has 1 saturated heterocycles. The van der Waals surface area contributed by atoms with Crippen LogP contribution in [0.5, 0.6) is 0 Å². The molecule has 1 fully saturated rings. The van der Waals surface area contributed by atoms with E-state index in [4.69, 9.17) is 0 Å². The zero-order chi connectivity index (χ0) is 26.6. The number of benzene rings is 3. The number of pyridine rings is 1. The summed E-state index contributed by atoms with van der Waals surface area (Å²) in [5.41, 5.74) is 6.86. The van der Waals surface area contributed by atoms with Gasteiger partial charge in [-0.25, -0.2) is 5.43 Å². The molecule has 0 unspecified atom stereocenters. The Morgan fingerprint density at radius 3 is 2.13 bits per heavy atom. The van der Waals surface area contributed by atoms with Gasteiger partial charge in [0.1, 0.15) is 0 Å². The second-order valence-electron chi connectivity index (χ2n) is 10.2. The highest BCUT2D eigenvalue weighted by molar-refractivity contribution is 6.11. The standard InChI is InChI=1S/C32H24N4O3/c37-29(21-14-16-33-17-15-21)35-34-19-32-24-12-6-4-10-22(24)26(23-11-5-7-13-25(23)32)27-28(32)31(39)36(30(27)38)18-20-8-2-1-3-9-20/h1-17,19,26-28H,18H2,(H,35,37)/b34-19-/t26?,27-,28-,32?/m0/s1. The van der Waals surface area contributed by atoms with Crippen LogP contribution >= 0.6 is 0 Å². The first kappa shape index (κ1) is 23.2. The molecule has 4 aromatic rings. The van der Waals surface area contributed by atoms with Crippen molar-refractivity contribution in [3.05, 3.63) is 137 Å². The van der Waals surface area contributed by atoms with Crippen molar-refractivity contribution in [1.29, 1.82) is 0 Å². The Kier molecular flexibility index (Phi) is 5.26. The van der Waals surface area contributed by atoms with Crippen molar-refractivity contribution in [2.24, 2.45) is 16.9 Å². The smallest absolute Gasteiger partial charge is 0.271 e. The number of carbonyl (C=O) groups is 3. The molecule has 0 spiro atoms. The molecule has 3 amide bonds. The van der Waals surface area contributed by atoms with E-state index in [2.05, 4.69) is 15.5 Å². The molecule has 7 nitrogen and oxygen atoms in total. The Morgan fingerprint density at radius 1 is 0.846 bits per heavy atom. The first-order chi connectivity index (χ1) is 19.1. The van der Waals surface area contributed by atoms with Crippen LogP contribution in [0.3, 0.4) is 0 Å². The number of hydrogen-bond donors (Lipinski definition) is 1. The number of hydrazone groups is 1. The predicted octanol–water partition coefficient (Wildman–Crippen LogP) is 4.04. The topological polar surface area (TPSA) is 91.7 Å². The van der Waals surface area contributed by atoms with Crippen LogP contribution < -0.4 is 5.43 Å². The fourth-order valence-electron chi connectivity index (χ4n) is 6.79. The molecule has 3 aromatic carbocycles. The number of carbonyl (C=O) groups excluding carboxylic acids is 3. The second-order valence-corrected chi connectivity index (χ2v) is 10.2. The summed E-state index contributed by atoms with van der Waals surface area (Å²) >= 11 is 0. The van der Waals surface area contributed by atoms with Crippen molar-refractivity contribution in [2.45, 2.75) is 17.9 Å². The van der Waals surface area contributed by atoms with Crippen LogP contribution in [0.2, 0.25) is 0 Å². The summed E-state index contributed by atoms with van der Waals surface area (Å²) < 4.78 is 0. The van der Waals surface area contributed by atoms with Crippen LogP contribution in [0.1, 0.15) is 44.1 Å². The molecule has 0 saturated carbocycles. The molecule has 2 heterocycles. The number of hydrogen-bond acceptors (Lipinski definition) is 5. The highest BCUT2D eigenvalue weighted by Crippen LogP contribution is 2.63. The zero-order valence-corrected chi connectivity index (χ0v) is 20.9. The summed E-state index contributed by atoms with van der Waals surface area (Å²) in [5.74, 6) is -2.23. The SMILES string of the molecule is O=C(N/N=C\C12c3ccccc3C(c3ccccc31)[C@@H]1C(=O)N(Cc3ccccc3)C(=O)[C@H]12)c1ccncc1. The lowest BCUT2D eigenvalue weighted by Gasteiger charge is -2.52. The van der Waals surface area contributed by atoms with E-state index in [1.54, 1.807) is 30.7 Å². The summed E-state index contributed by atoms with van der Waals surface area (Å²) in [4.78, 5) is 46.5. The maximum absolute atomic E-state index is 14.2. The third kappa shape index (κ3) is 3.32. The highest BCUT2D eigenvalue weighted by Gasteiger charge is 2.67. The third-order valence-corrected chi connectivity index (χ3v) is 8.34. The van der Waals surface area contributed by atoms with Crippen molar-refractivity contribution < 1.29 is 14.4 Å². The van der Waals surface area contributed by atoms with Gasteiger partial charge in [-0.05, 0) is 39.9 Å². The van der Waals surface area contributed by atoms with Crippen LogP contribution in [0.4, 0.5) is 0 Å². The minimum Gasteiger partial charge on any atom is -0.278 e. The highest BCUT2D eigenvalue weighted by atomic mass is 16.2. The van der Waals surface area contributed by atoms with Gasteiger partial charge >= 0.3 is 0 Å². The summed E-state index contributed by atoms with van der Waals surface area (Å²) in [7, 11) is 0. The van der Waals surface area contributed by atoms with E-state index in [-0.39, 0.29) is 30.2 Å². The van der Waals surface area contributed by atoms with Crippen LogP contribution in [-0.4, -0.2) is 33.8 Å². The van der Waals surface area contributed by atoms with Crippen LogP contribution in [0.15, 0.2) is 108 Å². The molecule has 0 radical (unpaired) electrons. The third-order valence-electron chi connectivity index (χ3n) is 8.34. The van der Waals surface area contributed by atoms with E-state index in [0.717, 1.165) is 27.8 Å². The summed E-state index contributed by atoms with van der Waals surface area (Å²) in [5, 5.41) is 4.44. The van der Waals surface area contributed by atoms with E-state index in [0.29, 0.717) is 5.56 Å². The van der Waals surface area contributed by atoms with Crippen molar-refractivity contribution in [1.82, 2.24) is 15.3 Å². The van der Waals surface area contributed by atoms with E-state index in [1.807, 2.05) is 78.9 Å². The lowest BCUT2D eigenvalue weighted by atomic mass is 9.47.